The van der Waals surface area contributed by atoms with Crippen molar-refractivity contribution in [1.29, 1.82) is 0 Å². The van der Waals surface area contributed by atoms with Crippen LogP contribution in [-0.4, -0.2) is 17.3 Å². The van der Waals surface area contributed by atoms with Gasteiger partial charge in [0, 0.05) is 16.5 Å². The van der Waals surface area contributed by atoms with E-state index in [1.807, 2.05) is 53.5 Å². The molecule has 0 radical (unpaired) electrons. The summed E-state index contributed by atoms with van der Waals surface area (Å²) in [6, 6.07) is 22.4. The molecule has 0 aliphatic carbocycles. The van der Waals surface area contributed by atoms with E-state index in [-0.39, 0.29) is 11.8 Å². The Hall–Kier alpha value is -2.93. The van der Waals surface area contributed by atoms with Crippen molar-refractivity contribution in [3.05, 3.63) is 94.0 Å². The number of hydrogen-bond acceptors (Lipinski definition) is 4. The normalized spacial score (nSPS) is 19.7. The molecule has 4 nitrogen and oxygen atoms in total. The van der Waals surface area contributed by atoms with Crippen LogP contribution in [0.2, 0.25) is 0 Å². The minimum absolute atomic E-state index is 0.0777. The molecule has 0 aromatic heterocycles. The molecule has 30 heavy (non-hydrogen) atoms. The van der Waals surface area contributed by atoms with Crippen molar-refractivity contribution in [2.24, 2.45) is 5.10 Å². The molecule has 0 saturated carbocycles. The van der Waals surface area contributed by atoms with Gasteiger partial charge in [0.15, 0.2) is 0 Å². The van der Waals surface area contributed by atoms with Crippen LogP contribution < -0.4 is 9.47 Å². The number of fused-ring (bicyclic) bond motifs is 3. The predicted molar refractivity (Wildman–Crippen MR) is 113 cm³/mol. The highest BCUT2D eigenvalue weighted by atomic mass is 79.9. The second kappa shape index (κ2) is 7.72. The number of para-hydroxylation sites is 1. The second-order valence-corrected chi connectivity index (χ2v) is 8.00. The minimum atomic E-state index is -2.92. The zero-order valence-corrected chi connectivity index (χ0v) is 17.3. The topological polar surface area (TPSA) is 34.1 Å². The molecule has 2 heterocycles. The number of ether oxygens (including phenoxy) is 2. The summed E-state index contributed by atoms with van der Waals surface area (Å²) in [4.78, 5) is 0. The Morgan fingerprint density at radius 3 is 2.57 bits per heavy atom. The van der Waals surface area contributed by atoms with Crippen LogP contribution in [0.15, 0.2) is 82.4 Å². The van der Waals surface area contributed by atoms with Crippen LogP contribution >= 0.6 is 15.9 Å². The Labute approximate surface area is 180 Å². The number of rotatable bonds is 4. The summed E-state index contributed by atoms with van der Waals surface area (Å²) in [6.07, 6.45) is 0.00501. The average Bonchev–Trinajstić information content (AvgIpc) is 3.20. The van der Waals surface area contributed by atoms with Crippen LogP contribution in [0.3, 0.4) is 0 Å². The second-order valence-electron chi connectivity index (χ2n) is 7.08. The maximum Gasteiger partial charge on any atom is 0.387 e. The minimum Gasteiger partial charge on any atom is -0.464 e. The lowest BCUT2D eigenvalue weighted by Gasteiger charge is -2.38. The van der Waals surface area contributed by atoms with Gasteiger partial charge in [-0.25, -0.2) is 5.01 Å². The highest BCUT2D eigenvalue weighted by Gasteiger charge is 2.42. The van der Waals surface area contributed by atoms with Gasteiger partial charge in [-0.3, -0.25) is 0 Å². The lowest BCUT2D eigenvalue weighted by atomic mass is 9.96. The first-order valence-corrected chi connectivity index (χ1v) is 10.3. The summed E-state index contributed by atoms with van der Waals surface area (Å²) < 4.78 is 38.0. The summed E-state index contributed by atoms with van der Waals surface area (Å²) in [5.74, 6) is 0.793. The standard InChI is InChI=1S/C23H17BrF2N2O2/c24-15-10-11-21-17(12-15)19-13-18(14-6-2-1-3-7-14)27-28(19)22(29-21)16-8-4-5-9-20(16)30-23(25)26/h1-12,19,22-23H,13H2/t19-,22-/m0/s1. The predicted octanol–water partition coefficient (Wildman–Crippen LogP) is 6.29. The van der Waals surface area contributed by atoms with Crippen molar-refractivity contribution < 1.29 is 18.3 Å². The van der Waals surface area contributed by atoms with Crippen LogP contribution in [0, 0.1) is 0 Å². The molecule has 152 valence electrons. The van der Waals surface area contributed by atoms with Crippen molar-refractivity contribution in [2.45, 2.75) is 25.3 Å². The first-order chi connectivity index (χ1) is 14.6. The first-order valence-electron chi connectivity index (χ1n) is 9.51. The van der Waals surface area contributed by atoms with Gasteiger partial charge in [-0.1, -0.05) is 58.4 Å². The molecule has 7 heteroatoms. The van der Waals surface area contributed by atoms with Gasteiger partial charge in [0.2, 0.25) is 6.23 Å². The third kappa shape index (κ3) is 3.43. The van der Waals surface area contributed by atoms with Crippen LogP contribution in [-0.2, 0) is 0 Å². The average molecular weight is 471 g/mol. The van der Waals surface area contributed by atoms with Gasteiger partial charge in [0.1, 0.15) is 11.5 Å². The highest BCUT2D eigenvalue weighted by molar-refractivity contribution is 9.10. The molecule has 0 bridgehead atoms. The van der Waals surface area contributed by atoms with E-state index >= 15 is 0 Å². The monoisotopic (exact) mass is 470 g/mol. The summed E-state index contributed by atoms with van der Waals surface area (Å²) >= 11 is 3.53. The Kier molecular flexibility index (Phi) is 4.90. The quantitative estimate of drug-likeness (QED) is 0.449. The number of nitrogens with zero attached hydrogens (tertiary/aromatic N) is 2. The molecule has 0 unspecified atom stereocenters. The van der Waals surface area contributed by atoms with Crippen molar-refractivity contribution >= 4 is 21.6 Å². The van der Waals surface area contributed by atoms with Crippen molar-refractivity contribution in [3.63, 3.8) is 0 Å². The van der Waals surface area contributed by atoms with E-state index in [1.54, 1.807) is 18.2 Å². The summed E-state index contributed by atoms with van der Waals surface area (Å²) in [6.45, 7) is -2.92. The zero-order chi connectivity index (χ0) is 20.7. The van der Waals surface area contributed by atoms with Gasteiger partial charge < -0.3 is 9.47 Å². The highest BCUT2D eigenvalue weighted by Crippen LogP contribution is 2.49. The van der Waals surface area contributed by atoms with Crippen LogP contribution in [0.4, 0.5) is 8.78 Å². The summed E-state index contributed by atoms with van der Waals surface area (Å²) in [7, 11) is 0. The molecule has 3 aromatic rings. The van der Waals surface area contributed by atoms with Crippen molar-refractivity contribution in [3.8, 4) is 11.5 Å². The molecule has 0 N–H and O–H groups in total. The van der Waals surface area contributed by atoms with Crippen molar-refractivity contribution in [2.75, 3.05) is 0 Å². The lowest BCUT2D eigenvalue weighted by molar-refractivity contribution is -0.0578. The smallest absolute Gasteiger partial charge is 0.387 e. The molecular weight excluding hydrogens is 454 g/mol. The molecule has 2 atom stereocenters. The Morgan fingerprint density at radius 1 is 1.00 bits per heavy atom. The third-order valence-electron chi connectivity index (χ3n) is 5.26. The van der Waals surface area contributed by atoms with Crippen LogP contribution in [0.1, 0.15) is 35.4 Å². The fraction of sp³-hybridized carbons (Fsp3) is 0.174. The number of alkyl halides is 2. The van der Waals surface area contributed by atoms with E-state index in [0.29, 0.717) is 17.7 Å². The lowest BCUT2D eigenvalue weighted by Crippen LogP contribution is -2.34. The number of halogens is 3. The van der Waals surface area contributed by atoms with E-state index < -0.39 is 12.8 Å². The molecule has 0 amide bonds. The van der Waals surface area contributed by atoms with E-state index in [2.05, 4.69) is 15.9 Å². The number of hydrazone groups is 1. The van der Waals surface area contributed by atoms with Crippen LogP contribution in [0.5, 0.6) is 11.5 Å². The molecule has 0 spiro atoms. The van der Waals surface area contributed by atoms with Gasteiger partial charge in [-0.15, -0.1) is 0 Å². The van der Waals surface area contributed by atoms with E-state index in [0.717, 1.165) is 21.3 Å². The van der Waals surface area contributed by atoms with E-state index in [1.165, 1.54) is 6.07 Å². The van der Waals surface area contributed by atoms with Gasteiger partial charge in [0.05, 0.1) is 17.3 Å². The van der Waals surface area contributed by atoms with E-state index in [4.69, 9.17) is 14.6 Å². The fourth-order valence-electron chi connectivity index (χ4n) is 3.96. The molecule has 5 rings (SSSR count). The number of hydrogen-bond donors (Lipinski definition) is 0. The molecular formula is C23H17BrF2N2O2. The third-order valence-corrected chi connectivity index (χ3v) is 5.75. The molecule has 2 aliphatic rings. The SMILES string of the molecule is FC(F)Oc1ccccc1[C@@H]1Oc2ccc(Br)cc2[C@@H]2CC(c3ccccc3)=NN21. The zero-order valence-electron chi connectivity index (χ0n) is 15.7. The Bertz CT molecular complexity index is 1110. The summed E-state index contributed by atoms with van der Waals surface area (Å²) in [5, 5.41) is 6.71. The largest absolute Gasteiger partial charge is 0.464 e. The fourth-order valence-corrected chi connectivity index (χ4v) is 4.33. The molecule has 0 fully saturated rings. The van der Waals surface area contributed by atoms with Crippen molar-refractivity contribution in [1.82, 2.24) is 5.01 Å². The molecule has 2 aliphatic heterocycles. The Morgan fingerprint density at radius 2 is 1.77 bits per heavy atom. The maximum absolute atomic E-state index is 13.0. The van der Waals surface area contributed by atoms with Gasteiger partial charge >= 0.3 is 6.61 Å². The van der Waals surface area contributed by atoms with Crippen LogP contribution in [0.25, 0.3) is 0 Å². The van der Waals surface area contributed by atoms with Gasteiger partial charge in [-0.05, 0) is 35.9 Å². The maximum atomic E-state index is 13.0. The van der Waals surface area contributed by atoms with Gasteiger partial charge in [-0.2, -0.15) is 13.9 Å². The molecule has 3 aromatic carbocycles. The van der Waals surface area contributed by atoms with E-state index in [9.17, 15) is 8.78 Å². The number of benzene rings is 3. The Balaban J connectivity index is 1.61. The van der Waals surface area contributed by atoms with Gasteiger partial charge in [0.25, 0.3) is 0 Å². The molecule has 0 saturated heterocycles. The first kappa shape index (κ1) is 19.1. The summed E-state index contributed by atoms with van der Waals surface area (Å²) in [5.41, 5.74) is 3.46.